The molecule has 5 atom stereocenters. The number of aliphatic hydroxyl groups excluding tert-OH is 3. The number of phenolic OH excluding ortho intramolecular Hbond substituents is 2. The number of ether oxygens (including phenoxy) is 2. The first-order valence-electron chi connectivity index (χ1n) is 11.1. The molecule has 0 spiro atoms. The Morgan fingerprint density at radius 1 is 0.921 bits per heavy atom. The van der Waals surface area contributed by atoms with Crippen LogP contribution in [0.25, 0.3) is 0 Å². The number of aliphatic carboxylic acids is 1. The van der Waals surface area contributed by atoms with Crippen LogP contribution in [-0.2, 0) is 24.1 Å². The third-order valence-corrected chi connectivity index (χ3v) is 5.88. The number of carboxylic acids is 1. The first kappa shape index (κ1) is 27.0. The highest BCUT2D eigenvalue weighted by atomic mass is 17.2. The van der Waals surface area contributed by atoms with Gasteiger partial charge in [0.2, 0.25) is 12.1 Å². The minimum absolute atomic E-state index is 0.0845. The molecule has 1 aliphatic heterocycles. The maximum absolute atomic E-state index is 13.3. The number of fused-ring (bicyclic) bond motifs is 2. The summed E-state index contributed by atoms with van der Waals surface area (Å²) in [5.74, 6) is -5.63. The molecular formula is C24H22O14. The maximum Gasteiger partial charge on any atom is 0.353 e. The van der Waals surface area contributed by atoms with E-state index in [9.17, 15) is 44.7 Å². The number of phenols is 2. The number of ketones is 2. The predicted octanol–water partition coefficient (Wildman–Crippen LogP) is -0.682. The molecule has 1 aliphatic carbocycles. The van der Waals surface area contributed by atoms with Crippen LogP contribution in [0.5, 0.6) is 17.2 Å². The van der Waals surface area contributed by atoms with Crippen molar-refractivity contribution in [3.05, 3.63) is 52.1 Å². The van der Waals surface area contributed by atoms with Gasteiger partial charge in [-0.1, -0.05) is 0 Å². The molecule has 4 rings (SSSR count). The van der Waals surface area contributed by atoms with Gasteiger partial charge in [0.15, 0.2) is 5.78 Å². The molecule has 0 radical (unpaired) electrons. The predicted molar refractivity (Wildman–Crippen MR) is 119 cm³/mol. The van der Waals surface area contributed by atoms with Gasteiger partial charge in [0.05, 0.1) is 11.1 Å². The Labute approximate surface area is 213 Å². The average Bonchev–Trinajstić information content (AvgIpc) is 2.82. The Morgan fingerprint density at radius 2 is 1.61 bits per heavy atom. The van der Waals surface area contributed by atoms with Crippen molar-refractivity contribution in [2.45, 2.75) is 44.1 Å². The van der Waals surface area contributed by atoms with E-state index in [4.69, 9.17) is 14.6 Å². The zero-order valence-electron chi connectivity index (χ0n) is 19.6. The van der Waals surface area contributed by atoms with Crippen molar-refractivity contribution >= 4 is 23.5 Å². The summed E-state index contributed by atoms with van der Waals surface area (Å²) in [6.07, 6.45) is -9.89. The highest BCUT2D eigenvalue weighted by Gasteiger charge is 2.46. The highest BCUT2D eigenvalue weighted by Crippen LogP contribution is 2.40. The largest absolute Gasteiger partial charge is 0.508 e. The van der Waals surface area contributed by atoms with Crippen molar-refractivity contribution < 1.29 is 69.1 Å². The molecule has 0 unspecified atom stereocenters. The van der Waals surface area contributed by atoms with Gasteiger partial charge in [0, 0.05) is 17.2 Å². The number of carbonyl (C=O) groups is 4. The van der Waals surface area contributed by atoms with Crippen molar-refractivity contribution in [3.8, 4) is 17.2 Å². The lowest BCUT2D eigenvalue weighted by molar-refractivity contribution is -0.323. The molecular weight excluding hydrogens is 512 g/mol. The first-order valence-corrected chi connectivity index (χ1v) is 11.1. The van der Waals surface area contributed by atoms with E-state index in [1.807, 2.05) is 0 Å². The number of hydrogen-bond acceptors (Lipinski definition) is 13. The molecule has 0 aromatic heterocycles. The standard InChI is InChI=1S/C24H22O14/c1-8-2-10-17(12(26)3-8)21(32)18-11(19(10)30)4-9(25)5-13(18)36-24-23(34)22(33)20(31)14(37-24)7-35-38-16(29)6-15(27)28/h2-5,14,20,22-26,31,33-34H,6-7H2,1H3,(H,27,28)/t14-,20-,22+,23-,24-/m1/s1. The summed E-state index contributed by atoms with van der Waals surface area (Å²) >= 11 is 0. The second kappa shape index (κ2) is 10.4. The van der Waals surface area contributed by atoms with E-state index in [-0.39, 0.29) is 22.3 Å². The Morgan fingerprint density at radius 3 is 2.29 bits per heavy atom. The van der Waals surface area contributed by atoms with Gasteiger partial charge in [-0.3, -0.25) is 19.3 Å². The lowest BCUT2D eigenvalue weighted by Crippen LogP contribution is -2.60. The Kier molecular flexibility index (Phi) is 7.35. The Balaban J connectivity index is 1.60. The van der Waals surface area contributed by atoms with Gasteiger partial charge in [-0.15, -0.1) is 0 Å². The van der Waals surface area contributed by atoms with Crippen LogP contribution < -0.4 is 4.74 Å². The molecule has 2 aromatic rings. The molecule has 2 aliphatic rings. The van der Waals surface area contributed by atoms with Crippen LogP contribution in [0, 0.1) is 6.92 Å². The summed E-state index contributed by atoms with van der Waals surface area (Å²) in [6, 6.07) is 4.68. The van der Waals surface area contributed by atoms with Crippen LogP contribution in [0.1, 0.15) is 43.8 Å². The van der Waals surface area contributed by atoms with Crippen molar-refractivity contribution in [1.82, 2.24) is 0 Å². The number of hydrogen-bond donors (Lipinski definition) is 6. The number of aliphatic hydroxyl groups is 3. The number of carboxylic acid groups (broad SMARTS) is 1. The van der Waals surface area contributed by atoms with E-state index >= 15 is 0 Å². The van der Waals surface area contributed by atoms with Crippen LogP contribution in [0.4, 0.5) is 0 Å². The minimum Gasteiger partial charge on any atom is -0.508 e. The smallest absolute Gasteiger partial charge is 0.353 e. The van der Waals surface area contributed by atoms with Crippen LogP contribution in [0.3, 0.4) is 0 Å². The fourth-order valence-electron chi connectivity index (χ4n) is 4.16. The fourth-order valence-corrected chi connectivity index (χ4v) is 4.16. The van der Waals surface area contributed by atoms with Gasteiger partial charge >= 0.3 is 11.9 Å². The quantitative estimate of drug-likeness (QED) is 0.125. The molecule has 0 amide bonds. The number of benzene rings is 2. The van der Waals surface area contributed by atoms with Crippen molar-refractivity contribution in [3.63, 3.8) is 0 Å². The van der Waals surface area contributed by atoms with E-state index in [2.05, 4.69) is 9.78 Å². The van der Waals surface area contributed by atoms with Gasteiger partial charge in [-0.2, -0.15) is 4.89 Å². The maximum atomic E-state index is 13.3. The minimum atomic E-state index is -1.91. The number of aryl methyl sites for hydroxylation is 1. The van der Waals surface area contributed by atoms with Crippen molar-refractivity contribution in [2.75, 3.05) is 6.61 Å². The Hall–Kier alpha value is -4.08. The van der Waals surface area contributed by atoms with Gasteiger partial charge < -0.3 is 40.1 Å². The zero-order chi connectivity index (χ0) is 27.9. The monoisotopic (exact) mass is 534 g/mol. The molecule has 0 bridgehead atoms. The summed E-state index contributed by atoms with van der Waals surface area (Å²) in [7, 11) is 0. The van der Waals surface area contributed by atoms with Gasteiger partial charge in [0.1, 0.15) is 54.7 Å². The van der Waals surface area contributed by atoms with Crippen LogP contribution in [-0.4, -0.2) is 91.5 Å². The summed E-state index contributed by atoms with van der Waals surface area (Å²) in [4.78, 5) is 57.1. The normalized spacial score (nSPS) is 24.4. The van der Waals surface area contributed by atoms with Crippen molar-refractivity contribution in [1.29, 1.82) is 0 Å². The summed E-state index contributed by atoms with van der Waals surface area (Å²) < 4.78 is 11.0. The molecule has 0 saturated carbocycles. The molecule has 14 heteroatoms. The van der Waals surface area contributed by atoms with Crippen LogP contribution >= 0.6 is 0 Å². The van der Waals surface area contributed by atoms with Crippen LogP contribution in [0.15, 0.2) is 24.3 Å². The molecule has 1 fully saturated rings. The van der Waals surface area contributed by atoms with Gasteiger partial charge in [0.25, 0.3) is 0 Å². The summed E-state index contributed by atoms with van der Waals surface area (Å²) in [5.41, 5.74) is -0.474. The van der Waals surface area contributed by atoms with Gasteiger partial charge in [-0.05, 0) is 30.7 Å². The Bertz CT molecular complexity index is 1320. The van der Waals surface area contributed by atoms with Crippen molar-refractivity contribution in [2.24, 2.45) is 0 Å². The van der Waals surface area contributed by atoms with Crippen LogP contribution in [0.2, 0.25) is 0 Å². The average molecular weight is 534 g/mol. The molecule has 14 nitrogen and oxygen atoms in total. The fraction of sp³-hybridized carbons (Fsp3) is 0.333. The molecule has 202 valence electrons. The topological polar surface area (TPSA) is 227 Å². The number of carbonyl (C=O) groups excluding carboxylic acids is 3. The summed E-state index contributed by atoms with van der Waals surface area (Å²) in [6.45, 7) is 0.880. The number of rotatable bonds is 7. The van der Waals surface area contributed by atoms with E-state index in [0.29, 0.717) is 5.56 Å². The first-order chi connectivity index (χ1) is 17.9. The molecule has 1 heterocycles. The van der Waals surface area contributed by atoms with E-state index in [0.717, 1.165) is 12.1 Å². The van der Waals surface area contributed by atoms with E-state index < -0.39 is 84.5 Å². The lowest BCUT2D eigenvalue weighted by Gasteiger charge is -2.40. The molecule has 2 aromatic carbocycles. The number of aromatic hydroxyl groups is 2. The van der Waals surface area contributed by atoms with E-state index in [1.165, 1.54) is 12.1 Å². The summed E-state index contributed by atoms with van der Waals surface area (Å²) in [5, 5.41) is 60.0. The zero-order valence-corrected chi connectivity index (χ0v) is 19.6. The third-order valence-electron chi connectivity index (χ3n) is 5.88. The molecule has 1 saturated heterocycles. The SMILES string of the molecule is Cc1cc(O)c2c(c1)C(=O)c1cc(O)cc(O[C@@H]3O[C@H](COOC(=O)CC(=O)O)[C@@H](O)[C@H](O)[C@H]3O)c1C2=O. The lowest BCUT2D eigenvalue weighted by atomic mass is 9.82. The van der Waals surface area contributed by atoms with Gasteiger partial charge in [-0.25, -0.2) is 4.79 Å². The van der Waals surface area contributed by atoms with E-state index in [1.54, 1.807) is 6.92 Å². The molecule has 6 N–H and O–H groups in total. The third kappa shape index (κ3) is 5.03. The second-order valence-corrected chi connectivity index (χ2v) is 8.67. The highest BCUT2D eigenvalue weighted by molar-refractivity contribution is 6.30. The second-order valence-electron chi connectivity index (χ2n) is 8.67. The molecule has 38 heavy (non-hydrogen) atoms.